The summed E-state index contributed by atoms with van der Waals surface area (Å²) in [7, 11) is 0. The molecule has 0 saturated heterocycles. The number of hydrogen-bond donors (Lipinski definition) is 3. The van der Waals surface area contributed by atoms with Gasteiger partial charge in [-0.25, -0.2) is 0 Å². The van der Waals surface area contributed by atoms with Crippen molar-refractivity contribution in [3.8, 4) is 0 Å². The first-order chi connectivity index (χ1) is 13.2. The van der Waals surface area contributed by atoms with Crippen molar-refractivity contribution < 1.29 is 17.1 Å². The molecule has 0 aliphatic heterocycles. The Morgan fingerprint density at radius 3 is 1.14 bits per heavy atom. The minimum Gasteiger partial charge on any atom is -0.383 e. The molecule has 4 heteroatoms. The SMILES string of the molecule is CCc1cccc(CC)c1NCCNCCNc1c(CC)cccc1CC.[Fe]. The molecule has 3 N–H and O–H groups in total. The van der Waals surface area contributed by atoms with E-state index >= 15 is 0 Å². The minimum absolute atomic E-state index is 0. The smallest absolute Gasteiger partial charge is 0.0405 e. The molecule has 0 saturated carbocycles. The van der Waals surface area contributed by atoms with Gasteiger partial charge in [0.15, 0.2) is 0 Å². The monoisotopic (exact) mass is 423 g/mol. The van der Waals surface area contributed by atoms with Crippen molar-refractivity contribution in [3.63, 3.8) is 0 Å². The van der Waals surface area contributed by atoms with E-state index in [-0.39, 0.29) is 17.1 Å². The predicted molar refractivity (Wildman–Crippen MR) is 120 cm³/mol. The second-order valence-electron chi connectivity index (χ2n) is 6.92. The summed E-state index contributed by atoms with van der Waals surface area (Å²) in [5.41, 5.74) is 8.34. The molecule has 2 rings (SSSR count). The van der Waals surface area contributed by atoms with E-state index in [1.807, 2.05) is 0 Å². The fraction of sp³-hybridized carbons (Fsp3) is 0.500. The van der Waals surface area contributed by atoms with Gasteiger partial charge in [-0.3, -0.25) is 0 Å². The van der Waals surface area contributed by atoms with Gasteiger partial charge in [-0.1, -0.05) is 64.1 Å². The molecule has 0 atom stereocenters. The summed E-state index contributed by atoms with van der Waals surface area (Å²) in [5.74, 6) is 0. The summed E-state index contributed by atoms with van der Waals surface area (Å²) in [6.45, 7) is 12.7. The molecule has 2 aromatic rings. The van der Waals surface area contributed by atoms with Gasteiger partial charge in [0.25, 0.3) is 0 Å². The Morgan fingerprint density at radius 2 is 0.857 bits per heavy atom. The summed E-state index contributed by atoms with van der Waals surface area (Å²) in [6.07, 6.45) is 4.29. The molecule has 0 aliphatic rings. The standard InChI is InChI=1S/C24H37N3.Fe/c1-5-19-11-9-12-20(6-2)23(19)26-17-15-25-16-18-27-24-21(7-3)13-10-14-22(24)8-4;/h9-14,25-27H,5-8,15-18H2,1-4H3;. The van der Waals surface area contributed by atoms with Crippen molar-refractivity contribution >= 4 is 11.4 Å². The van der Waals surface area contributed by atoms with Crippen molar-refractivity contribution in [2.24, 2.45) is 0 Å². The molecule has 0 aromatic heterocycles. The van der Waals surface area contributed by atoms with Crippen LogP contribution in [0.5, 0.6) is 0 Å². The molecule has 156 valence electrons. The molecule has 3 nitrogen and oxygen atoms in total. The second kappa shape index (κ2) is 13.7. The van der Waals surface area contributed by atoms with Gasteiger partial charge in [0.2, 0.25) is 0 Å². The van der Waals surface area contributed by atoms with E-state index in [2.05, 4.69) is 80.0 Å². The topological polar surface area (TPSA) is 36.1 Å². The van der Waals surface area contributed by atoms with Crippen LogP contribution in [0.25, 0.3) is 0 Å². The second-order valence-corrected chi connectivity index (χ2v) is 6.92. The average Bonchev–Trinajstić information content (AvgIpc) is 2.72. The Bertz CT molecular complexity index is 596. The zero-order valence-corrected chi connectivity index (χ0v) is 19.1. The van der Waals surface area contributed by atoms with E-state index in [1.165, 1.54) is 33.6 Å². The van der Waals surface area contributed by atoms with Crippen LogP contribution in [0.2, 0.25) is 0 Å². The van der Waals surface area contributed by atoms with Gasteiger partial charge in [0, 0.05) is 54.6 Å². The Balaban J connectivity index is 0.00000392. The summed E-state index contributed by atoms with van der Waals surface area (Å²) < 4.78 is 0. The Hall–Kier alpha value is -1.48. The van der Waals surface area contributed by atoms with E-state index in [0.29, 0.717) is 0 Å². The third-order valence-corrected chi connectivity index (χ3v) is 5.20. The van der Waals surface area contributed by atoms with Gasteiger partial charge in [-0.15, -0.1) is 0 Å². The van der Waals surface area contributed by atoms with Gasteiger partial charge >= 0.3 is 0 Å². The maximum atomic E-state index is 3.65. The van der Waals surface area contributed by atoms with Crippen molar-refractivity contribution in [2.45, 2.75) is 53.4 Å². The Labute approximate surface area is 182 Å². The zero-order valence-electron chi connectivity index (χ0n) is 18.0. The molecule has 0 bridgehead atoms. The number of hydrogen-bond acceptors (Lipinski definition) is 3. The van der Waals surface area contributed by atoms with Gasteiger partial charge in [0.05, 0.1) is 0 Å². The maximum Gasteiger partial charge on any atom is 0.0405 e. The van der Waals surface area contributed by atoms with Gasteiger partial charge < -0.3 is 16.0 Å². The molecule has 0 heterocycles. The van der Waals surface area contributed by atoms with E-state index in [4.69, 9.17) is 0 Å². The number of anilines is 2. The van der Waals surface area contributed by atoms with E-state index < -0.39 is 0 Å². The molecule has 0 radical (unpaired) electrons. The van der Waals surface area contributed by atoms with Gasteiger partial charge in [0.1, 0.15) is 0 Å². The van der Waals surface area contributed by atoms with E-state index in [1.54, 1.807) is 0 Å². The molecule has 0 aliphatic carbocycles. The van der Waals surface area contributed by atoms with E-state index in [0.717, 1.165) is 51.9 Å². The number of benzene rings is 2. The predicted octanol–water partition coefficient (Wildman–Crippen LogP) is 5.05. The van der Waals surface area contributed by atoms with Crippen LogP contribution in [0.15, 0.2) is 36.4 Å². The van der Waals surface area contributed by atoms with Crippen molar-refractivity contribution in [3.05, 3.63) is 58.7 Å². The van der Waals surface area contributed by atoms with Crippen LogP contribution in [0.1, 0.15) is 49.9 Å². The fourth-order valence-corrected chi connectivity index (χ4v) is 3.62. The largest absolute Gasteiger partial charge is 0.383 e. The summed E-state index contributed by atoms with van der Waals surface area (Å²) >= 11 is 0. The molecular formula is C24H37FeN3. The zero-order chi connectivity index (χ0) is 19.5. The third-order valence-electron chi connectivity index (χ3n) is 5.20. The van der Waals surface area contributed by atoms with Crippen LogP contribution in [-0.4, -0.2) is 26.2 Å². The minimum atomic E-state index is 0. The van der Waals surface area contributed by atoms with Crippen LogP contribution < -0.4 is 16.0 Å². The van der Waals surface area contributed by atoms with E-state index in [9.17, 15) is 0 Å². The first kappa shape index (κ1) is 24.6. The molecule has 0 amide bonds. The summed E-state index contributed by atoms with van der Waals surface area (Å²) in [5, 5.41) is 10.8. The number of aryl methyl sites for hydroxylation is 4. The maximum absolute atomic E-state index is 3.65. The quantitative estimate of drug-likeness (QED) is 0.330. The molecule has 0 unspecified atom stereocenters. The van der Waals surface area contributed by atoms with Crippen molar-refractivity contribution in [1.29, 1.82) is 0 Å². The fourth-order valence-electron chi connectivity index (χ4n) is 3.62. The van der Waals surface area contributed by atoms with Crippen molar-refractivity contribution in [1.82, 2.24) is 5.32 Å². The number of para-hydroxylation sites is 2. The normalized spacial score (nSPS) is 10.4. The number of rotatable bonds is 12. The molecule has 28 heavy (non-hydrogen) atoms. The molecule has 2 aromatic carbocycles. The molecular weight excluding hydrogens is 386 g/mol. The first-order valence-corrected chi connectivity index (χ1v) is 10.6. The Morgan fingerprint density at radius 1 is 0.536 bits per heavy atom. The first-order valence-electron chi connectivity index (χ1n) is 10.6. The van der Waals surface area contributed by atoms with Gasteiger partial charge in [-0.05, 0) is 47.9 Å². The number of nitrogens with one attached hydrogen (secondary N) is 3. The third kappa shape index (κ3) is 6.84. The Kier molecular flexibility index (Phi) is 12.0. The van der Waals surface area contributed by atoms with Crippen LogP contribution in [0.4, 0.5) is 11.4 Å². The van der Waals surface area contributed by atoms with Crippen LogP contribution in [-0.2, 0) is 42.8 Å². The summed E-state index contributed by atoms with van der Waals surface area (Å²) in [6, 6.07) is 13.3. The summed E-state index contributed by atoms with van der Waals surface area (Å²) in [4.78, 5) is 0. The van der Waals surface area contributed by atoms with Crippen LogP contribution in [0, 0.1) is 0 Å². The average molecular weight is 423 g/mol. The molecule has 0 spiro atoms. The molecule has 0 fully saturated rings. The van der Waals surface area contributed by atoms with Crippen LogP contribution >= 0.6 is 0 Å². The van der Waals surface area contributed by atoms with Gasteiger partial charge in [-0.2, -0.15) is 0 Å². The van der Waals surface area contributed by atoms with Crippen molar-refractivity contribution in [2.75, 3.05) is 36.8 Å². The van der Waals surface area contributed by atoms with Crippen LogP contribution in [0.3, 0.4) is 0 Å².